The van der Waals surface area contributed by atoms with E-state index in [1.165, 1.54) is 173 Å². The van der Waals surface area contributed by atoms with Crippen LogP contribution in [0.3, 0.4) is 0 Å². The molecule has 0 bridgehead atoms. The van der Waals surface area contributed by atoms with E-state index in [2.05, 4.69) is 27.7 Å². The van der Waals surface area contributed by atoms with Gasteiger partial charge < -0.3 is 14.2 Å². The van der Waals surface area contributed by atoms with Crippen LogP contribution in [-0.4, -0.2) is 37.2 Å². The molecule has 0 aromatic carbocycles. The topological polar surface area (TPSA) is 78.9 Å². The summed E-state index contributed by atoms with van der Waals surface area (Å²) < 4.78 is 16.7. The molecule has 6 heteroatoms. The van der Waals surface area contributed by atoms with Gasteiger partial charge in [-0.2, -0.15) is 0 Å². The van der Waals surface area contributed by atoms with Crippen molar-refractivity contribution in [3.05, 3.63) is 0 Å². The maximum Gasteiger partial charge on any atom is 0.306 e. The van der Waals surface area contributed by atoms with E-state index >= 15 is 0 Å². The lowest BCUT2D eigenvalue weighted by molar-refractivity contribution is -0.167. The van der Waals surface area contributed by atoms with Crippen molar-refractivity contribution in [2.45, 2.75) is 284 Å². The fourth-order valence-corrected chi connectivity index (χ4v) is 7.48. The molecule has 6 nitrogen and oxygen atoms in total. The molecule has 56 heavy (non-hydrogen) atoms. The quantitative estimate of drug-likeness (QED) is 0.0347. The Balaban J connectivity index is 4.05. The lowest BCUT2D eigenvalue weighted by atomic mass is 9.99. The minimum absolute atomic E-state index is 0.0638. The first-order valence-corrected chi connectivity index (χ1v) is 24.9. The van der Waals surface area contributed by atoms with E-state index in [1.54, 1.807) is 0 Å². The first-order valence-electron chi connectivity index (χ1n) is 24.9. The highest BCUT2D eigenvalue weighted by Gasteiger charge is 2.19. The molecule has 0 fully saturated rings. The summed E-state index contributed by atoms with van der Waals surface area (Å²) in [6.07, 6.45) is 45.4. The maximum atomic E-state index is 12.6. The summed E-state index contributed by atoms with van der Waals surface area (Å²) in [5.74, 6) is 0.0512. The molecule has 0 N–H and O–H groups in total. The van der Waals surface area contributed by atoms with Crippen LogP contribution in [0.15, 0.2) is 0 Å². The zero-order chi connectivity index (χ0) is 41.0. The summed E-state index contributed by atoms with van der Waals surface area (Å²) in [4.78, 5) is 37.6. The smallest absolute Gasteiger partial charge is 0.306 e. The monoisotopic (exact) mass is 793 g/mol. The number of ether oxygens (including phenoxy) is 3. The summed E-state index contributed by atoms with van der Waals surface area (Å²) in [5.41, 5.74) is 0. The molecule has 0 saturated heterocycles. The van der Waals surface area contributed by atoms with E-state index in [0.717, 1.165) is 63.7 Å². The number of carbonyl (C=O) groups excluding carboxylic acids is 3. The van der Waals surface area contributed by atoms with Gasteiger partial charge in [0.05, 0.1) is 0 Å². The van der Waals surface area contributed by atoms with Gasteiger partial charge in [0.2, 0.25) is 0 Å². The standard InChI is InChI=1S/C50H96O6/c1-5-8-10-12-14-25-30-33-37-41-48(51)54-44-47(56-50(53)43-39-35-28-13-11-9-6-2)45-55-49(52)42-38-34-31-27-24-22-20-18-16-15-17-19-21-23-26-29-32-36-40-46(4)7-3/h46-47H,5-45H2,1-4H3/t46?,47-/m0/s1. The maximum absolute atomic E-state index is 12.6. The van der Waals surface area contributed by atoms with E-state index in [9.17, 15) is 14.4 Å². The van der Waals surface area contributed by atoms with Crippen LogP contribution in [0.5, 0.6) is 0 Å². The molecule has 1 unspecified atom stereocenters. The SMILES string of the molecule is CCCCCCCCCCCC(=O)OC[C@@H](COC(=O)CCCCCCCCCCCCCCCCCCCCC(C)CC)OC(=O)CCCCCCCCC. The second-order valence-corrected chi connectivity index (χ2v) is 17.3. The Hall–Kier alpha value is -1.59. The number of carbonyl (C=O) groups is 3. The molecule has 0 radical (unpaired) electrons. The van der Waals surface area contributed by atoms with Crippen molar-refractivity contribution in [3.8, 4) is 0 Å². The number of hydrogen-bond acceptors (Lipinski definition) is 6. The van der Waals surface area contributed by atoms with E-state index in [1.807, 2.05) is 0 Å². The van der Waals surface area contributed by atoms with Gasteiger partial charge in [-0.1, -0.05) is 240 Å². The molecular formula is C50H96O6. The van der Waals surface area contributed by atoms with Gasteiger partial charge >= 0.3 is 17.9 Å². The van der Waals surface area contributed by atoms with Crippen LogP contribution in [0.1, 0.15) is 278 Å². The van der Waals surface area contributed by atoms with E-state index < -0.39 is 6.10 Å². The Morgan fingerprint density at radius 1 is 0.357 bits per heavy atom. The van der Waals surface area contributed by atoms with Gasteiger partial charge in [0.25, 0.3) is 0 Å². The second kappa shape index (κ2) is 44.5. The Morgan fingerprint density at radius 3 is 0.929 bits per heavy atom. The van der Waals surface area contributed by atoms with Gasteiger partial charge in [-0.15, -0.1) is 0 Å². The van der Waals surface area contributed by atoms with Gasteiger partial charge in [-0.3, -0.25) is 14.4 Å². The van der Waals surface area contributed by atoms with Crippen molar-refractivity contribution in [1.29, 1.82) is 0 Å². The molecular weight excluding hydrogens is 697 g/mol. The second-order valence-electron chi connectivity index (χ2n) is 17.3. The Kier molecular flexibility index (Phi) is 43.2. The highest BCUT2D eigenvalue weighted by molar-refractivity contribution is 5.71. The first-order chi connectivity index (χ1) is 27.4. The number of rotatable bonds is 45. The minimum Gasteiger partial charge on any atom is -0.462 e. The van der Waals surface area contributed by atoms with Crippen LogP contribution in [0.4, 0.5) is 0 Å². The Morgan fingerprint density at radius 2 is 0.625 bits per heavy atom. The lowest BCUT2D eigenvalue weighted by Crippen LogP contribution is -2.30. The Bertz CT molecular complexity index is 843. The third-order valence-corrected chi connectivity index (χ3v) is 11.7. The third-order valence-electron chi connectivity index (χ3n) is 11.7. The predicted molar refractivity (Wildman–Crippen MR) is 238 cm³/mol. The number of unbranched alkanes of at least 4 members (excludes halogenated alkanes) is 31. The summed E-state index contributed by atoms with van der Waals surface area (Å²) in [7, 11) is 0. The van der Waals surface area contributed by atoms with Gasteiger partial charge in [-0.25, -0.2) is 0 Å². The molecule has 0 aromatic heterocycles. The fraction of sp³-hybridized carbons (Fsp3) is 0.940. The van der Waals surface area contributed by atoms with Crippen molar-refractivity contribution in [1.82, 2.24) is 0 Å². The summed E-state index contributed by atoms with van der Waals surface area (Å²) >= 11 is 0. The molecule has 0 aliphatic rings. The van der Waals surface area contributed by atoms with Gasteiger partial charge in [-0.05, 0) is 25.2 Å². The first kappa shape index (κ1) is 54.4. The van der Waals surface area contributed by atoms with Crippen LogP contribution in [0.25, 0.3) is 0 Å². The third kappa shape index (κ3) is 42.0. The summed E-state index contributed by atoms with van der Waals surface area (Å²) in [5, 5.41) is 0. The lowest BCUT2D eigenvalue weighted by Gasteiger charge is -2.18. The Labute approximate surface area is 348 Å². The van der Waals surface area contributed by atoms with Crippen LogP contribution in [-0.2, 0) is 28.6 Å². The van der Waals surface area contributed by atoms with Crippen molar-refractivity contribution < 1.29 is 28.6 Å². The van der Waals surface area contributed by atoms with Crippen molar-refractivity contribution >= 4 is 17.9 Å². The molecule has 0 amide bonds. The predicted octanol–water partition coefficient (Wildman–Crippen LogP) is 15.9. The molecule has 332 valence electrons. The van der Waals surface area contributed by atoms with Crippen molar-refractivity contribution in [2.24, 2.45) is 5.92 Å². The molecule has 0 aliphatic heterocycles. The summed E-state index contributed by atoms with van der Waals surface area (Å²) in [6.45, 7) is 9.01. The van der Waals surface area contributed by atoms with E-state index in [4.69, 9.17) is 14.2 Å². The van der Waals surface area contributed by atoms with Crippen LogP contribution in [0, 0.1) is 5.92 Å². The molecule has 0 heterocycles. The normalized spacial score (nSPS) is 12.4. The molecule has 0 aromatic rings. The van der Waals surface area contributed by atoms with Crippen molar-refractivity contribution in [2.75, 3.05) is 13.2 Å². The van der Waals surface area contributed by atoms with E-state index in [0.29, 0.717) is 19.3 Å². The number of hydrogen-bond donors (Lipinski definition) is 0. The molecule has 0 rings (SSSR count). The molecule has 2 atom stereocenters. The zero-order valence-electron chi connectivity index (χ0n) is 38.1. The molecule has 0 saturated carbocycles. The average molecular weight is 793 g/mol. The van der Waals surface area contributed by atoms with Gasteiger partial charge in [0, 0.05) is 19.3 Å². The zero-order valence-corrected chi connectivity index (χ0v) is 38.1. The highest BCUT2D eigenvalue weighted by Crippen LogP contribution is 2.17. The van der Waals surface area contributed by atoms with Crippen LogP contribution >= 0.6 is 0 Å². The minimum atomic E-state index is -0.757. The van der Waals surface area contributed by atoms with Crippen LogP contribution < -0.4 is 0 Å². The van der Waals surface area contributed by atoms with Gasteiger partial charge in [0.15, 0.2) is 6.10 Å². The average Bonchev–Trinajstić information content (AvgIpc) is 3.19. The highest BCUT2D eigenvalue weighted by atomic mass is 16.6. The van der Waals surface area contributed by atoms with Crippen LogP contribution in [0.2, 0.25) is 0 Å². The fourth-order valence-electron chi connectivity index (χ4n) is 7.48. The molecule has 0 spiro atoms. The van der Waals surface area contributed by atoms with Gasteiger partial charge in [0.1, 0.15) is 13.2 Å². The largest absolute Gasteiger partial charge is 0.462 e. The summed E-state index contributed by atoms with van der Waals surface area (Å²) in [6, 6.07) is 0. The van der Waals surface area contributed by atoms with E-state index in [-0.39, 0.29) is 31.1 Å². The molecule has 0 aliphatic carbocycles. The van der Waals surface area contributed by atoms with Crippen molar-refractivity contribution in [3.63, 3.8) is 0 Å². The number of esters is 3.